The van der Waals surface area contributed by atoms with Crippen LogP contribution in [0.4, 0.5) is 0 Å². The molecule has 0 aliphatic carbocycles. The highest BCUT2D eigenvalue weighted by atomic mass is 16.5. The molecule has 0 spiro atoms. The SMILES string of the molecule is Cc1ccc(Oc2cccc(C(O)C#N)n2)cc1. The summed E-state index contributed by atoms with van der Waals surface area (Å²) in [4.78, 5) is 4.07. The quantitative estimate of drug-likeness (QED) is 0.838. The van der Waals surface area contributed by atoms with Crippen molar-refractivity contribution in [3.05, 3.63) is 53.7 Å². The van der Waals surface area contributed by atoms with Gasteiger partial charge in [0.25, 0.3) is 0 Å². The van der Waals surface area contributed by atoms with Crippen LogP contribution in [0.15, 0.2) is 42.5 Å². The molecule has 1 heterocycles. The normalized spacial score (nSPS) is 11.6. The molecule has 0 radical (unpaired) electrons. The van der Waals surface area contributed by atoms with Crippen LogP contribution in [0.25, 0.3) is 0 Å². The van der Waals surface area contributed by atoms with Crippen molar-refractivity contribution in [2.45, 2.75) is 13.0 Å². The Morgan fingerprint density at radius 3 is 2.61 bits per heavy atom. The highest BCUT2D eigenvalue weighted by molar-refractivity contribution is 5.30. The first-order valence-corrected chi connectivity index (χ1v) is 5.48. The predicted octanol–water partition coefficient (Wildman–Crippen LogP) is 2.74. The zero-order valence-corrected chi connectivity index (χ0v) is 9.87. The second kappa shape index (κ2) is 5.30. The van der Waals surface area contributed by atoms with E-state index in [1.54, 1.807) is 24.3 Å². The molecule has 1 aromatic carbocycles. The Morgan fingerprint density at radius 1 is 1.22 bits per heavy atom. The van der Waals surface area contributed by atoms with E-state index >= 15 is 0 Å². The van der Waals surface area contributed by atoms with Crippen molar-refractivity contribution in [2.75, 3.05) is 0 Å². The van der Waals surface area contributed by atoms with Gasteiger partial charge in [-0.05, 0) is 25.1 Å². The van der Waals surface area contributed by atoms with Gasteiger partial charge in [-0.25, -0.2) is 4.98 Å². The molecule has 0 amide bonds. The molecule has 0 bridgehead atoms. The van der Waals surface area contributed by atoms with Crippen molar-refractivity contribution in [2.24, 2.45) is 0 Å². The molecule has 4 heteroatoms. The Balaban J connectivity index is 2.19. The third-order valence-electron chi connectivity index (χ3n) is 2.39. The lowest BCUT2D eigenvalue weighted by Gasteiger charge is -2.07. The number of benzene rings is 1. The van der Waals surface area contributed by atoms with Crippen LogP contribution in [0, 0.1) is 18.3 Å². The number of nitrogens with zero attached hydrogens (tertiary/aromatic N) is 2. The lowest BCUT2D eigenvalue weighted by atomic mass is 10.2. The molecule has 2 rings (SSSR count). The lowest BCUT2D eigenvalue weighted by molar-refractivity contribution is 0.229. The fraction of sp³-hybridized carbons (Fsp3) is 0.143. The smallest absolute Gasteiger partial charge is 0.219 e. The first-order valence-electron chi connectivity index (χ1n) is 5.48. The minimum Gasteiger partial charge on any atom is -0.439 e. The molecule has 2 aromatic rings. The van der Waals surface area contributed by atoms with E-state index < -0.39 is 6.10 Å². The third kappa shape index (κ3) is 2.84. The van der Waals surface area contributed by atoms with E-state index in [-0.39, 0.29) is 5.69 Å². The fourth-order valence-corrected chi connectivity index (χ4v) is 1.43. The van der Waals surface area contributed by atoms with E-state index in [4.69, 9.17) is 10.00 Å². The van der Waals surface area contributed by atoms with Gasteiger partial charge in [0.2, 0.25) is 5.88 Å². The van der Waals surface area contributed by atoms with Gasteiger partial charge in [-0.2, -0.15) is 5.26 Å². The number of hydrogen-bond acceptors (Lipinski definition) is 4. The average Bonchev–Trinajstić information content (AvgIpc) is 2.41. The molecule has 0 fully saturated rings. The van der Waals surface area contributed by atoms with Crippen LogP contribution in [0.2, 0.25) is 0 Å². The number of aromatic nitrogens is 1. The maximum atomic E-state index is 9.38. The zero-order chi connectivity index (χ0) is 13.0. The average molecular weight is 240 g/mol. The van der Waals surface area contributed by atoms with Crippen molar-refractivity contribution in [3.63, 3.8) is 0 Å². The summed E-state index contributed by atoms with van der Waals surface area (Å²) in [7, 11) is 0. The third-order valence-corrected chi connectivity index (χ3v) is 2.39. The van der Waals surface area contributed by atoms with Gasteiger partial charge in [0, 0.05) is 6.07 Å². The Morgan fingerprint density at radius 2 is 1.94 bits per heavy atom. The van der Waals surface area contributed by atoms with Crippen molar-refractivity contribution in [1.29, 1.82) is 5.26 Å². The van der Waals surface area contributed by atoms with E-state index in [1.807, 2.05) is 31.2 Å². The number of aliphatic hydroxyl groups excluding tert-OH is 1. The Bertz CT molecular complexity index is 573. The maximum Gasteiger partial charge on any atom is 0.219 e. The van der Waals surface area contributed by atoms with E-state index in [0.29, 0.717) is 11.6 Å². The molecule has 90 valence electrons. The summed E-state index contributed by atoms with van der Waals surface area (Å²) >= 11 is 0. The number of aryl methyl sites for hydroxylation is 1. The monoisotopic (exact) mass is 240 g/mol. The highest BCUT2D eigenvalue weighted by Crippen LogP contribution is 2.21. The summed E-state index contributed by atoms with van der Waals surface area (Å²) in [6.07, 6.45) is -1.23. The van der Waals surface area contributed by atoms with Crippen LogP contribution in [0.1, 0.15) is 17.4 Å². The van der Waals surface area contributed by atoms with Crippen LogP contribution in [-0.2, 0) is 0 Å². The minimum atomic E-state index is -1.23. The summed E-state index contributed by atoms with van der Waals surface area (Å²) < 4.78 is 5.54. The summed E-state index contributed by atoms with van der Waals surface area (Å²) in [5.74, 6) is 1.02. The van der Waals surface area contributed by atoms with Crippen molar-refractivity contribution >= 4 is 0 Å². The largest absolute Gasteiger partial charge is 0.439 e. The molecular formula is C14H12N2O2. The molecule has 0 saturated heterocycles. The summed E-state index contributed by atoms with van der Waals surface area (Å²) in [5.41, 5.74) is 1.42. The van der Waals surface area contributed by atoms with E-state index in [9.17, 15) is 5.11 Å². The van der Waals surface area contributed by atoms with Crippen molar-refractivity contribution in [3.8, 4) is 17.7 Å². The Kier molecular flexibility index (Phi) is 3.56. The molecule has 1 aromatic heterocycles. The number of nitriles is 1. The van der Waals surface area contributed by atoms with Gasteiger partial charge in [0.05, 0.1) is 5.69 Å². The molecule has 0 saturated carbocycles. The Labute approximate surface area is 105 Å². The van der Waals surface area contributed by atoms with Crippen molar-refractivity contribution in [1.82, 2.24) is 4.98 Å². The highest BCUT2D eigenvalue weighted by Gasteiger charge is 2.08. The number of aliphatic hydroxyl groups is 1. The molecular weight excluding hydrogens is 228 g/mol. The first kappa shape index (κ1) is 12.1. The molecule has 1 N–H and O–H groups in total. The maximum absolute atomic E-state index is 9.38. The van der Waals surface area contributed by atoms with Gasteiger partial charge < -0.3 is 9.84 Å². The van der Waals surface area contributed by atoms with E-state index in [1.165, 1.54) is 0 Å². The standard InChI is InChI=1S/C14H12N2O2/c1-10-5-7-11(8-6-10)18-14-4-2-3-12(16-14)13(17)9-15/h2-8,13,17H,1H3. The number of hydrogen-bond donors (Lipinski definition) is 1. The summed E-state index contributed by atoms with van der Waals surface area (Å²) in [6, 6.07) is 14.2. The molecule has 1 atom stereocenters. The number of ether oxygens (including phenoxy) is 1. The van der Waals surface area contributed by atoms with Gasteiger partial charge in [-0.15, -0.1) is 0 Å². The minimum absolute atomic E-state index is 0.280. The molecule has 0 aliphatic heterocycles. The van der Waals surface area contributed by atoms with E-state index in [2.05, 4.69) is 4.98 Å². The summed E-state index contributed by atoms with van der Waals surface area (Å²) in [5, 5.41) is 18.0. The van der Waals surface area contributed by atoms with Gasteiger partial charge >= 0.3 is 0 Å². The topological polar surface area (TPSA) is 66.1 Å². The van der Waals surface area contributed by atoms with Crippen LogP contribution in [0.5, 0.6) is 11.6 Å². The van der Waals surface area contributed by atoms with E-state index in [0.717, 1.165) is 5.56 Å². The zero-order valence-electron chi connectivity index (χ0n) is 9.87. The van der Waals surface area contributed by atoms with Crippen LogP contribution < -0.4 is 4.74 Å². The number of rotatable bonds is 3. The lowest BCUT2D eigenvalue weighted by Crippen LogP contribution is -1.98. The second-order valence-corrected chi connectivity index (χ2v) is 3.85. The van der Waals surface area contributed by atoms with Crippen LogP contribution in [-0.4, -0.2) is 10.1 Å². The van der Waals surface area contributed by atoms with Gasteiger partial charge in [0.15, 0.2) is 6.10 Å². The van der Waals surface area contributed by atoms with Crippen LogP contribution in [0.3, 0.4) is 0 Å². The molecule has 4 nitrogen and oxygen atoms in total. The van der Waals surface area contributed by atoms with Gasteiger partial charge in [-0.1, -0.05) is 23.8 Å². The predicted molar refractivity (Wildman–Crippen MR) is 66.1 cm³/mol. The van der Waals surface area contributed by atoms with Crippen LogP contribution >= 0.6 is 0 Å². The van der Waals surface area contributed by atoms with Gasteiger partial charge in [-0.3, -0.25) is 0 Å². The molecule has 0 aliphatic rings. The van der Waals surface area contributed by atoms with Gasteiger partial charge in [0.1, 0.15) is 11.8 Å². The summed E-state index contributed by atoms with van der Waals surface area (Å²) in [6.45, 7) is 1.99. The first-order chi connectivity index (χ1) is 8.69. The molecule has 18 heavy (non-hydrogen) atoms. The number of pyridine rings is 1. The second-order valence-electron chi connectivity index (χ2n) is 3.85. The Hall–Kier alpha value is -2.38. The van der Waals surface area contributed by atoms with Crippen molar-refractivity contribution < 1.29 is 9.84 Å². The fourth-order valence-electron chi connectivity index (χ4n) is 1.43. The molecule has 1 unspecified atom stereocenters.